The van der Waals surface area contributed by atoms with Crippen LogP contribution >= 0.6 is 11.3 Å². The molecule has 126 valence electrons. The van der Waals surface area contributed by atoms with Crippen LogP contribution in [0.5, 0.6) is 0 Å². The van der Waals surface area contributed by atoms with E-state index in [1.54, 1.807) is 25.4 Å². The molecule has 0 spiro atoms. The number of rotatable bonds is 5. The predicted molar refractivity (Wildman–Crippen MR) is 91.3 cm³/mol. The lowest BCUT2D eigenvalue weighted by atomic mass is 10.1. The largest absolute Gasteiger partial charge is 0.379 e. The van der Waals surface area contributed by atoms with Crippen LogP contribution in [-0.4, -0.2) is 61.8 Å². The van der Waals surface area contributed by atoms with E-state index in [9.17, 15) is 8.42 Å². The summed E-state index contributed by atoms with van der Waals surface area (Å²) in [5.41, 5.74) is 0.904. The first-order valence-electron chi connectivity index (χ1n) is 7.33. The lowest BCUT2D eigenvalue weighted by Gasteiger charge is -2.21. The van der Waals surface area contributed by atoms with Gasteiger partial charge in [0.25, 0.3) is 0 Å². The molecule has 2 aromatic rings. The van der Waals surface area contributed by atoms with Crippen LogP contribution < -0.4 is 5.32 Å². The van der Waals surface area contributed by atoms with Crippen molar-refractivity contribution in [3.63, 3.8) is 0 Å². The molecule has 7 nitrogen and oxygen atoms in total. The third-order valence-electron chi connectivity index (χ3n) is 3.92. The van der Waals surface area contributed by atoms with Gasteiger partial charge in [0.05, 0.1) is 35.2 Å². The van der Waals surface area contributed by atoms with Crippen molar-refractivity contribution in [3.8, 4) is 0 Å². The molecule has 1 fully saturated rings. The summed E-state index contributed by atoms with van der Waals surface area (Å²) < 4.78 is 32.0. The summed E-state index contributed by atoms with van der Waals surface area (Å²) in [6, 6.07) is 1.88. The van der Waals surface area contributed by atoms with Gasteiger partial charge in [-0.2, -0.15) is 0 Å². The SMILES string of the molecule is Cc1nc(N[C@@H]2COC[C@H]2CS(=O)(=O)N(C)C)c2sccc2n1. The highest BCUT2D eigenvalue weighted by atomic mass is 32.2. The maximum atomic E-state index is 12.1. The molecule has 0 bridgehead atoms. The number of ether oxygens (including phenoxy) is 1. The Morgan fingerprint density at radius 3 is 2.91 bits per heavy atom. The molecule has 9 heteroatoms. The number of aryl methyl sites for hydroxylation is 1. The standard InChI is InChI=1S/C14H20N4O3S2/c1-9-15-11-4-5-22-13(11)14(16-9)17-12-7-21-6-10(12)8-23(19,20)18(2)3/h4-5,10,12H,6-8H2,1-3H3,(H,15,16,17)/t10-,12+/m0/s1. The van der Waals surface area contributed by atoms with Crippen molar-refractivity contribution in [1.82, 2.24) is 14.3 Å². The first kappa shape index (κ1) is 16.6. The lowest BCUT2D eigenvalue weighted by molar-refractivity contribution is 0.187. The number of fused-ring (bicyclic) bond motifs is 1. The average Bonchev–Trinajstić information content (AvgIpc) is 3.08. The van der Waals surface area contributed by atoms with Crippen molar-refractivity contribution in [1.29, 1.82) is 0 Å². The first-order chi connectivity index (χ1) is 10.9. The molecule has 0 aromatic carbocycles. The number of aromatic nitrogens is 2. The molecule has 2 atom stereocenters. The zero-order chi connectivity index (χ0) is 16.6. The highest BCUT2D eigenvalue weighted by Crippen LogP contribution is 2.28. The van der Waals surface area contributed by atoms with Gasteiger partial charge in [0.1, 0.15) is 11.6 Å². The number of anilines is 1. The smallest absolute Gasteiger partial charge is 0.214 e. The maximum Gasteiger partial charge on any atom is 0.214 e. The Morgan fingerprint density at radius 2 is 2.17 bits per heavy atom. The molecule has 23 heavy (non-hydrogen) atoms. The van der Waals surface area contributed by atoms with Gasteiger partial charge < -0.3 is 10.1 Å². The first-order valence-corrected chi connectivity index (χ1v) is 9.82. The molecule has 1 aliphatic heterocycles. The summed E-state index contributed by atoms with van der Waals surface area (Å²) in [5, 5.41) is 5.35. The molecule has 0 aliphatic carbocycles. The molecule has 3 rings (SSSR count). The number of nitrogens with zero attached hydrogens (tertiary/aromatic N) is 3. The van der Waals surface area contributed by atoms with E-state index in [2.05, 4.69) is 15.3 Å². The van der Waals surface area contributed by atoms with Crippen LogP contribution in [0, 0.1) is 12.8 Å². The van der Waals surface area contributed by atoms with E-state index in [1.165, 1.54) is 4.31 Å². The summed E-state index contributed by atoms with van der Waals surface area (Å²) in [7, 11) is -0.159. The van der Waals surface area contributed by atoms with Crippen LogP contribution in [0.3, 0.4) is 0 Å². The van der Waals surface area contributed by atoms with Gasteiger partial charge in [0.15, 0.2) is 0 Å². The van der Waals surface area contributed by atoms with E-state index < -0.39 is 10.0 Å². The summed E-state index contributed by atoms with van der Waals surface area (Å²) >= 11 is 1.57. The van der Waals surface area contributed by atoms with Gasteiger partial charge in [-0.05, 0) is 18.4 Å². The lowest BCUT2D eigenvalue weighted by Crippen LogP contribution is -2.37. The molecular formula is C14H20N4O3S2. The van der Waals surface area contributed by atoms with E-state index in [0.29, 0.717) is 19.0 Å². The van der Waals surface area contributed by atoms with Crippen LogP contribution in [0.2, 0.25) is 0 Å². The highest BCUT2D eigenvalue weighted by Gasteiger charge is 2.33. The van der Waals surface area contributed by atoms with Crippen molar-refractivity contribution in [2.24, 2.45) is 5.92 Å². The second-order valence-electron chi connectivity index (χ2n) is 5.86. The van der Waals surface area contributed by atoms with Gasteiger partial charge in [-0.1, -0.05) is 0 Å². The Bertz CT molecular complexity index is 803. The number of thiophene rings is 1. The second kappa shape index (κ2) is 6.31. The summed E-state index contributed by atoms with van der Waals surface area (Å²) in [6.45, 7) is 2.76. The third kappa shape index (κ3) is 3.47. The third-order valence-corrected chi connectivity index (χ3v) is 6.79. The molecule has 1 N–H and O–H groups in total. The number of hydrogen-bond donors (Lipinski definition) is 1. The minimum Gasteiger partial charge on any atom is -0.379 e. The van der Waals surface area contributed by atoms with E-state index in [1.807, 2.05) is 18.4 Å². The fourth-order valence-corrected chi connectivity index (χ4v) is 4.55. The van der Waals surface area contributed by atoms with Crippen LogP contribution in [0.15, 0.2) is 11.4 Å². The normalized spacial score (nSPS) is 22.1. The van der Waals surface area contributed by atoms with Crippen LogP contribution in [-0.2, 0) is 14.8 Å². The molecule has 0 saturated carbocycles. The second-order valence-corrected chi connectivity index (χ2v) is 9.01. The molecule has 3 heterocycles. The molecule has 1 saturated heterocycles. The Balaban J connectivity index is 1.82. The Labute approximate surface area is 139 Å². The van der Waals surface area contributed by atoms with Crippen LogP contribution in [0.1, 0.15) is 5.82 Å². The molecule has 0 radical (unpaired) electrons. The van der Waals surface area contributed by atoms with E-state index in [0.717, 1.165) is 16.0 Å². The Hall–Kier alpha value is -1.29. The summed E-state index contributed by atoms with van der Waals surface area (Å²) in [5.74, 6) is 1.41. The minimum absolute atomic E-state index is 0.0648. The van der Waals surface area contributed by atoms with Gasteiger partial charge in [-0.3, -0.25) is 0 Å². The van der Waals surface area contributed by atoms with Crippen LogP contribution in [0.25, 0.3) is 10.2 Å². The van der Waals surface area contributed by atoms with Crippen molar-refractivity contribution in [3.05, 3.63) is 17.3 Å². The van der Waals surface area contributed by atoms with Gasteiger partial charge in [-0.15, -0.1) is 11.3 Å². The predicted octanol–water partition coefficient (Wildman–Crippen LogP) is 1.32. The van der Waals surface area contributed by atoms with Crippen molar-refractivity contribution >= 4 is 37.4 Å². The van der Waals surface area contributed by atoms with E-state index >= 15 is 0 Å². The molecule has 0 unspecified atom stereocenters. The van der Waals surface area contributed by atoms with E-state index in [-0.39, 0.29) is 17.7 Å². The topological polar surface area (TPSA) is 84.4 Å². The Morgan fingerprint density at radius 1 is 1.39 bits per heavy atom. The molecule has 2 aromatic heterocycles. The van der Waals surface area contributed by atoms with Gasteiger partial charge in [0, 0.05) is 20.0 Å². The van der Waals surface area contributed by atoms with Gasteiger partial charge in [-0.25, -0.2) is 22.7 Å². The monoisotopic (exact) mass is 356 g/mol. The minimum atomic E-state index is -3.26. The Kier molecular flexibility index (Phi) is 4.54. The molecule has 0 amide bonds. The van der Waals surface area contributed by atoms with Gasteiger partial charge >= 0.3 is 0 Å². The van der Waals surface area contributed by atoms with Crippen molar-refractivity contribution in [2.45, 2.75) is 13.0 Å². The molecular weight excluding hydrogens is 336 g/mol. The number of nitrogens with one attached hydrogen (secondary N) is 1. The van der Waals surface area contributed by atoms with Crippen LogP contribution in [0.4, 0.5) is 5.82 Å². The maximum absolute atomic E-state index is 12.1. The fourth-order valence-electron chi connectivity index (χ4n) is 2.60. The van der Waals surface area contributed by atoms with E-state index in [4.69, 9.17) is 4.74 Å². The molecule has 1 aliphatic rings. The average molecular weight is 356 g/mol. The van der Waals surface area contributed by atoms with Crippen molar-refractivity contribution < 1.29 is 13.2 Å². The summed E-state index contributed by atoms with van der Waals surface area (Å²) in [4.78, 5) is 8.87. The quantitative estimate of drug-likeness (QED) is 0.870. The zero-order valence-electron chi connectivity index (χ0n) is 13.3. The fraction of sp³-hybridized carbons (Fsp3) is 0.571. The zero-order valence-corrected chi connectivity index (χ0v) is 14.9. The number of sulfonamides is 1. The number of hydrogen-bond acceptors (Lipinski definition) is 7. The van der Waals surface area contributed by atoms with Gasteiger partial charge in [0.2, 0.25) is 10.0 Å². The summed E-state index contributed by atoms with van der Waals surface area (Å²) in [6.07, 6.45) is 0. The van der Waals surface area contributed by atoms with Crippen molar-refractivity contribution in [2.75, 3.05) is 38.4 Å². The highest BCUT2D eigenvalue weighted by molar-refractivity contribution is 7.89.